The Labute approximate surface area is 251 Å². The molecule has 5 nitrogen and oxygen atoms in total. The molecule has 7 aromatic rings. The van der Waals surface area contributed by atoms with Crippen molar-refractivity contribution >= 4 is 49.0 Å². The summed E-state index contributed by atoms with van der Waals surface area (Å²) >= 11 is 0. The second-order valence-corrected chi connectivity index (χ2v) is 11.9. The number of aryl methyl sites for hydroxylation is 1. The lowest BCUT2D eigenvalue weighted by Crippen LogP contribution is -2.15. The summed E-state index contributed by atoms with van der Waals surface area (Å²) in [6, 6.07) is 48.7. The number of fused-ring (bicyclic) bond motifs is 3. The van der Waals surface area contributed by atoms with Crippen molar-refractivity contribution in [3.63, 3.8) is 0 Å². The van der Waals surface area contributed by atoms with Crippen molar-refractivity contribution in [2.24, 2.45) is 0 Å². The van der Waals surface area contributed by atoms with Gasteiger partial charge in [-0.15, -0.1) is 0 Å². The molecule has 7 rings (SSSR count). The maximum Gasteiger partial charge on any atom is 0.339 e. The molecule has 0 amide bonds. The van der Waals surface area contributed by atoms with Gasteiger partial charge in [0.2, 0.25) is 0 Å². The van der Waals surface area contributed by atoms with Crippen LogP contribution >= 0.6 is 0 Å². The zero-order valence-corrected chi connectivity index (χ0v) is 24.3. The number of benzene rings is 6. The normalized spacial score (nSPS) is 11.6. The molecule has 0 unspecified atom stereocenters. The molecule has 0 atom stereocenters. The van der Waals surface area contributed by atoms with Crippen LogP contribution in [0.15, 0.2) is 157 Å². The fourth-order valence-electron chi connectivity index (χ4n) is 5.53. The van der Waals surface area contributed by atoms with Gasteiger partial charge in [0.05, 0.1) is 16.7 Å². The fraction of sp³-hybridized carbons (Fsp3) is 0.0270. The molecule has 1 aromatic heterocycles. The van der Waals surface area contributed by atoms with Crippen molar-refractivity contribution in [1.82, 2.24) is 4.57 Å². The van der Waals surface area contributed by atoms with Crippen LogP contribution in [0.2, 0.25) is 0 Å². The highest BCUT2D eigenvalue weighted by Crippen LogP contribution is 2.45. The van der Waals surface area contributed by atoms with Gasteiger partial charge in [0, 0.05) is 33.9 Å². The first-order valence-electron chi connectivity index (χ1n) is 14.0. The van der Waals surface area contributed by atoms with Gasteiger partial charge in [-0.1, -0.05) is 90.5 Å². The van der Waals surface area contributed by atoms with E-state index in [2.05, 4.69) is 16.7 Å². The molecule has 210 valence electrons. The molecule has 0 fully saturated rings. The number of hydrogen-bond donors (Lipinski definition) is 0. The number of aromatic nitrogens is 1. The Bertz CT molecular complexity index is 2120. The second kappa shape index (κ2) is 10.8. The Balaban J connectivity index is 1.55. The summed E-state index contributed by atoms with van der Waals surface area (Å²) < 4.78 is 35.8. The lowest BCUT2D eigenvalue weighted by molar-refractivity contribution is 0.487. The number of anilines is 3. The lowest BCUT2D eigenvalue weighted by Gasteiger charge is -2.27. The molecule has 43 heavy (non-hydrogen) atoms. The number of hydrogen-bond acceptors (Lipinski definition) is 4. The number of para-hydroxylation sites is 4. The van der Waals surface area contributed by atoms with Gasteiger partial charge in [0.25, 0.3) is 0 Å². The molecule has 0 saturated carbocycles. The van der Waals surface area contributed by atoms with Gasteiger partial charge in [-0.3, -0.25) is 0 Å². The van der Waals surface area contributed by atoms with Crippen molar-refractivity contribution < 1.29 is 12.6 Å². The average molecular weight is 581 g/mol. The highest BCUT2D eigenvalue weighted by atomic mass is 32.2. The molecule has 0 bridgehead atoms. The van der Waals surface area contributed by atoms with Crippen LogP contribution in [0.3, 0.4) is 0 Å². The van der Waals surface area contributed by atoms with E-state index in [-0.39, 0.29) is 10.6 Å². The maximum absolute atomic E-state index is 13.8. The van der Waals surface area contributed by atoms with Gasteiger partial charge in [-0.2, -0.15) is 8.42 Å². The molecule has 6 heteroatoms. The van der Waals surface area contributed by atoms with Crippen LogP contribution in [-0.4, -0.2) is 13.0 Å². The van der Waals surface area contributed by atoms with E-state index in [9.17, 15) is 8.42 Å². The monoisotopic (exact) mass is 580 g/mol. The highest BCUT2D eigenvalue weighted by Gasteiger charge is 2.25. The molecule has 1 heterocycles. The first-order valence-corrected chi connectivity index (χ1v) is 15.4. The summed E-state index contributed by atoms with van der Waals surface area (Å²) in [5.41, 5.74) is 6.14. The number of nitrogens with zero attached hydrogens (tertiary/aromatic N) is 2. The van der Waals surface area contributed by atoms with Gasteiger partial charge in [-0.05, 0) is 67.6 Å². The van der Waals surface area contributed by atoms with E-state index in [0.29, 0.717) is 5.69 Å². The van der Waals surface area contributed by atoms with Gasteiger partial charge in [0.15, 0.2) is 5.75 Å². The van der Waals surface area contributed by atoms with Crippen LogP contribution in [0.5, 0.6) is 5.75 Å². The zero-order chi connectivity index (χ0) is 29.4. The summed E-state index contributed by atoms with van der Waals surface area (Å²) in [6.07, 6.45) is 0. The Kier molecular flexibility index (Phi) is 6.68. The van der Waals surface area contributed by atoms with Crippen molar-refractivity contribution in [2.75, 3.05) is 4.90 Å². The van der Waals surface area contributed by atoms with Crippen molar-refractivity contribution in [1.29, 1.82) is 0 Å². The van der Waals surface area contributed by atoms with Crippen LogP contribution in [0, 0.1) is 6.92 Å². The minimum absolute atomic E-state index is 0.0960. The van der Waals surface area contributed by atoms with Crippen molar-refractivity contribution in [3.05, 3.63) is 157 Å². The van der Waals surface area contributed by atoms with E-state index in [1.165, 1.54) is 0 Å². The molecule has 0 saturated heterocycles. The van der Waals surface area contributed by atoms with Gasteiger partial charge in [-0.25, -0.2) is 0 Å². The molecule has 0 N–H and O–H groups in total. The van der Waals surface area contributed by atoms with Crippen LogP contribution in [0.4, 0.5) is 17.1 Å². The summed E-state index contributed by atoms with van der Waals surface area (Å²) in [5, 5.41) is 2.03. The van der Waals surface area contributed by atoms with Crippen LogP contribution in [0.1, 0.15) is 5.56 Å². The summed E-state index contributed by atoms with van der Waals surface area (Å²) in [6.45, 7) is 1.92. The minimum Gasteiger partial charge on any atom is -0.377 e. The number of rotatable bonds is 7. The Morgan fingerprint density at radius 1 is 0.581 bits per heavy atom. The zero-order valence-electron chi connectivity index (χ0n) is 23.5. The van der Waals surface area contributed by atoms with Gasteiger partial charge < -0.3 is 13.7 Å². The van der Waals surface area contributed by atoms with E-state index in [0.717, 1.165) is 44.4 Å². The molecular weight excluding hydrogens is 552 g/mol. The molecule has 0 aliphatic heterocycles. The molecule has 6 aromatic carbocycles. The van der Waals surface area contributed by atoms with Crippen molar-refractivity contribution in [3.8, 4) is 11.4 Å². The van der Waals surface area contributed by atoms with E-state index in [1.54, 1.807) is 24.3 Å². The first-order chi connectivity index (χ1) is 21.0. The summed E-state index contributed by atoms with van der Waals surface area (Å²) in [4.78, 5) is 2.13. The van der Waals surface area contributed by atoms with Crippen LogP contribution in [0.25, 0.3) is 27.5 Å². The standard InChI is InChI=1S/C37H28N2O3S/c1-27-21-23-31(24-22-27)43(40,41)42-37-26-35-33(32-19-11-12-20-34(32)39(35)30-17-9-4-10-18-30)25-36(37)38(28-13-5-2-6-14-28)29-15-7-3-8-16-29/h2-26H,1H3. The van der Waals surface area contributed by atoms with Gasteiger partial charge >= 0.3 is 10.1 Å². The SMILES string of the molecule is Cc1ccc(S(=O)(=O)Oc2cc3c(cc2N(c2ccccc2)c2ccccc2)c2ccccc2n3-c2ccccc2)cc1. The quantitative estimate of drug-likeness (QED) is 0.176. The maximum atomic E-state index is 13.8. The largest absolute Gasteiger partial charge is 0.377 e. The molecule has 0 aliphatic carbocycles. The Hall–Kier alpha value is -5.33. The topological polar surface area (TPSA) is 51.5 Å². The third-order valence-corrected chi connectivity index (χ3v) is 8.80. The highest BCUT2D eigenvalue weighted by molar-refractivity contribution is 7.87. The smallest absolute Gasteiger partial charge is 0.339 e. The van der Waals surface area contributed by atoms with Gasteiger partial charge in [0.1, 0.15) is 4.90 Å². The molecule has 0 aliphatic rings. The molecular formula is C37H28N2O3S. The fourth-order valence-corrected chi connectivity index (χ4v) is 6.47. The molecule has 0 radical (unpaired) electrons. The van der Waals surface area contributed by atoms with E-state index in [1.807, 2.05) is 127 Å². The summed E-state index contributed by atoms with van der Waals surface area (Å²) in [5.74, 6) is 0.223. The Morgan fingerprint density at radius 3 is 1.77 bits per heavy atom. The van der Waals surface area contributed by atoms with Crippen molar-refractivity contribution in [2.45, 2.75) is 11.8 Å². The molecule has 0 spiro atoms. The van der Waals surface area contributed by atoms with Crippen LogP contribution in [-0.2, 0) is 10.1 Å². The minimum atomic E-state index is -4.16. The average Bonchev–Trinajstić information content (AvgIpc) is 3.36. The second-order valence-electron chi connectivity index (χ2n) is 10.4. The summed E-state index contributed by atoms with van der Waals surface area (Å²) in [7, 11) is -4.16. The van der Waals surface area contributed by atoms with Crippen LogP contribution < -0.4 is 9.08 Å². The predicted octanol–water partition coefficient (Wildman–Crippen LogP) is 9.33. The lowest BCUT2D eigenvalue weighted by atomic mass is 10.1. The Morgan fingerprint density at radius 2 is 1.14 bits per heavy atom. The van der Waals surface area contributed by atoms with E-state index < -0.39 is 10.1 Å². The third-order valence-electron chi connectivity index (χ3n) is 7.55. The first kappa shape index (κ1) is 26.6. The van der Waals surface area contributed by atoms with E-state index in [4.69, 9.17) is 4.18 Å². The van der Waals surface area contributed by atoms with E-state index >= 15 is 0 Å². The predicted molar refractivity (Wildman–Crippen MR) is 174 cm³/mol. The third kappa shape index (κ3) is 4.92.